The van der Waals surface area contributed by atoms with E-state index in [1.807, 2.05) is 6.92 Å². The van der Waals surface area contributed by atoms with Gasteiger partial charge in [-0.2, -0.15) is 0 Å². The molecule has 3 rings (SSSR count). The van der Waals surface area contributed by atoms with E-state index in [0.29, 0.717) is 28.6 Å². The van der Waals surface area contributed by atoms with E-state index in [4.69, 9.17) is 16.3 Å². The second-order valence-electron chi connectivity index (χ2n) is 6.80. The van der Waals surface area contributed by atoms with Gasteiger partial charge in [0.1, 0.15) is 5.75 Å². The van der Waals surface area contributed by atoms with Crippen molar-refractivity contribution in [3.05, 3.63) is 41.4 Å². The summed E-state index contributed by atoms with van der Waals surface area (Å²) in [6, 6.07) is 9.40. The molecule has 0 spiro atoms. The van der Waals surface area contributed by atoms with Crippen LogP contribution in [0.15, 0.2) is 46.2 Å². The van der Waals surface area contributed by atoms with Gasteiger partial charge in [-0.05, 0) is 36.4 Å². The van der Waals surface area contributed by atoms with Crippen molar-refractivity contribution in [2.75, 3.05) is 23.5 Å². The van der Waals surface area contributed by atoms with Gasteiger partial charge in [-0.15, -0.1) is 11.8 Å². The number of hydrogen-bond donors (Lipinski definition) is 2. The average molecular weight is 469 g/mol. The normalized spacial score (nSPS) is 16.2. The van der Waals surface area contributed by atoms with Crippen molar-refractivity contribution in [2.24, 2.45) is 0 Å². The fourth-order valence-electron chi connectivity index (χ4n) is 2.96. The zero-order chi connectivity index (χ0) is 21.9. The zero-order valence-corrected chi connectivity index (χ0v) is 18.8. The first-order valence-electron chi connectivity index (χ1n) is 9.14. The van der Waals surface area contributed by atoms with Crippen LogP contribution in [-0.2, 0) is 19.4 Å². The summed E-state index contributed by atoms with van der Waals surface area (Å²) in [5.41, 5.74) is 0.842. The van der Waals surface area contributed by atoms with Crippen LogP contribution in [0, 0.1) is 0 Å². The molecule has 0 saturated carbocycles. The maximum absolute atomic E-state index is 12.7. The number of carbonyl (C=O) groups excluding carboxylic acids is 2. The Balaban J connectivity index is 1.71. The van der Waals surface area contributed by atoms with E-state index in [1.165, 1.54) is 37.1 Å². The summed E-state index contributed by atoms with van der Waals surface area (Å²) in [6.07, 6.45) is 0.113. The monoisotopic (exact) mass is 468 g/mol. The van der Waals surface area contributed by atoms with Gasteiger partial charge in [0.15, 0.2) is 9.84 Å². The Hall–Kier alpha value is -2.23. The van der Waals surface area contributed by atoms with Crippen molar-refractivity contribution in [1.82, 2.24) is 0 Å². The van der Waals surface area contributed by atoms with E-state index in [0.717, 1.165) is 4.90 Å². The highest BCUT2D eigenvalue weighted by molar-refractivity contribution is 8.00. The molecule has 2 aromatic rings. The van der Waals surface area contributed by atoms with Gasteiger partial charge >= 0.3 is 0 Å². The molecule has 0 aliphatic carbocycles. The summed E-state index contributed by atoms with van der Waals surface area (Å²) >= 11 is 7.46. The number of fused-ring (bicyclic) bond motifs is 1. The van der Waals surface area contributed by atoms with Crippen LogP contribution in [0.5, 0.6) is 5.75 Å². The number of amides is 2. The van der Waals surface area contributed by atoms with Crippen LogP contribution in [-0.4, -0.2) is 38.3 Å². The minimum atomic E-state index is -3.73. The van der Waals surface area contributed by atoms with E-state index in [2.05, 4.69) is 10.6 Å². The lowest BCUT2D eigenvalue weighted by Gasteiger charge is -2.12. The number of benzene rings is 2. The molecule has 1 aliphatic rings. The molecule has 1 atom stereocenters. The molecular weight excluding hydrogens is 448 g/mol. The first-order chi connectivity index (χ1) is 14.2. The number of thioether (sulfide) groups is 1. The van der Waals surface area contributed by atoms with Crippen LogP contribution < -0.4 is 15.4 Å². The largest absolute Gasteiger partial charge is 0.495 e. The number of rotatable bonds is 6. The Labute approximate surface area is 184 Å². The number of sulfone groups is 1. The molecule has 0 unspecified atom stereocenters. The van der Waals surface area contributed by atoms with Crippen molar-refractivity contribution >= 4 is 56.4 Å². The van der Waals surface area contributed by atoms with Crippen LogP contribution in [0.1, 0.15) is 19.8 Å². The minimum absolute atomic E-state index is 0.0600. The summed E-state index contributed by atoms with van der Waals surface area (Å²) in [7, 11) is -2.27. The van der Waals surface area contributed by atoms with Crippen LogP contribution in [0.2, 0.25) is 5.02 Å². The standard InChI is InChI=1S/C20H21ClN2O5S2/c1-12-9-20(25)23-16-11-14(4-6-18(16)29-12)30(26,27)8-7-19(24)22-15-10-13(21)3-5-17(15)28-2/h3-6,10-12H,7-9H2,1-2H3,(H,22,24)(H,23,25)/t12-/m1/s1. The molecule has 1 heterocycles. The highest BCUT2D eigenvalue weighted by Crippen LogP contribution is 2.36. The molecule has 160 valence electrons. The summed E-state index contributed by atoms with van der Waals surface area (Å²) in [5, 5.41) is 5.89. The minimum Gasteiger partial charge on any atom is -0.495 e. The van der Waals surface area contributed by atoms with Crippen molar-refractivity contribution in [1.29, 1.82) is 0 Å². The van der Waals surface area contributed by atoms with Crippen LogP contribution in [0.3, 0.4) is 0 Å². The van der Waals surface area contributed by atoms with Gasteiger partial charge in [0, 0.05) is 28.0 Å². The summed E-state index contributed by atoms with van der Waals surface area (Å²) in [4.78, 5) is 25.1. The molecule has 2 N–H and O–H groups in total. The smallest absolute Gasteiger partial charge is 0.225 e. The first-order valence-corrected chi connectivity index (χ1v) is 12.1. The van der Waals surface area contributed by atoms with Crippen molar-refractivity contribution in [2.45, 2.75) is 34.8 Å². The molecule has 1 aliphatic heterocycles. The number of carbonyl (C=O) groups is 2. The van der Waals surface area contributed by atoms with E-state index >= 15 is 0 Å². The molecule has 2 amide bonds. The number of nitrogens with one attached hydrogen (secondary N) is 2. The number of hydrogen-bond acceptors (Lipinski definition) is 6. The molecule has 0 fully saturated rings. The van der Waals surface area contributed by atoms with Crippen molar-refractivity contribution < 1.29 is 22.7 Å². The van der Waals surface area contributed by atoms with Crippen LogP contribution >= 0.6 is 23.4 Å². The Bertz CT molecular complexity index is 1090. The second-order valence-corrected chi connectivity index (χ2v) is 10.8. The molecule has 0 aromatic heterocycles. The lowest BCUT2D eigenvalue weighted by Crippen LogP contribution is -2.18. The summed E-state index contributed by atoms with van der Waals surface area (Å²) in [6.45, 7) is 1.94. The van der Waals surface area contributed by atoms with Crippen LogP contribution in [0.25, 0.3) is 0 Å². The third-order valence-electron chi connectivity index (χ3n) is 4.42. The summed E-state index contributed by atoms with van der Waals surface area (Å²) in [5.74, 6) is -0.591. The fourth-order valence-corrected chi connectivity index (χ4v) is 5.45. The molecular formula is C20H21ClN2O5S2. The average Bonchev–Trinajstić information content (AvgIpc) is 2.82. The highest BCUT2D eigenvalue weighted by atomic mass is 35.5. The first kappa shape index (κ1) is 22.5. The van der Waals surface area contributed by atoms with Gasteiger partial charge in [0.05, 0.1) is 29.1 Å². The zero-order valence-electron chi connectivity index (χ0n) is 16.4. The number of methoxy groups -OCH3 is 1. The molecule has 0 saturated heterocycles. The Kier molecular flexibility index (Phi) is 6.95. The molecule has 2 aromatic carbocycles. The predicted molar refractivity (Wildman–Crippen MR) is 118 cm³/mol. The molecule has 7 nitrogen and oxygen atoms in total. The predicted octanol–water partition coefficient (Wildman–Crippen LogP) is 3.97. The molecule has 30 heavy (non-hydrogen) atoms. The number of ether oxygens (including phenoxy) is 1. The SMILES string of the molecule is COc1ccc(Cl)cc1NC(=O)CCS(=O)(=O)c1ccc2c(c1)NC(=O)C[C@@H](C)S2. The Morgan fingerprint density at radius 3 is 2.80 bits per heavy atom. The van der Waals surface area contributed by atoms with Crippen LogP contribution in [0.4, 0.5) is 11.4 Å². The van der Waals surface area contributed by atoms with Gasteiger partial charge < -0.3 is 15.4 Å². The molecule has 0 bridgehead atoms. The third-order valence-corrected chi connectivity index (χ3v) is 7.55. The van der Waals surface area contributed by atoms with Gasteiger partial charge in [0.2, 0.25) is 11.8 Å². The van der Waals surface area contributed by atoms with Crippen molar-refractivity contribution in [3.63, 3.8) is 0 Å². The van der Waals surface area contributed by atoms with E-state index in [1.54, 1.807) is 18.2 Å². The van der Waals surface area contributed by atoms with Crippen molar-refractivity contribution in [3.8, 4) is 5.75 Å². The molecule has 10 heteroatoms. The second kappa shape index (κ2) is 9.28. The highest BCUT2D eigenvalue weighted by Gasteiger charge is 2.23. The number of halogens is 1. The number of anilines is 2. The quantitative estimate of drug-likeness (QED) is 0.665. The lowest BCUT2D eigenvalue weighted by molar-refractivity contribution is -0.116. The van der Waals surface area contributed by atoms with E-state index in [-0.39, 0.29) is 28.2 Å². The summed E-state index contributed by atoms with van der Waals surface area (Å²) < 4.78 is 30.6. The van der Waals surface area contributed by atoms with Gasteiger partial charge in [-0.3, -0.25) is 9.59 Å². The van der Waals surface area contributed by atoms with E-state index in [9.17, 15) is 18.0 Å². The molecule has 0 radical (unpaired) electrons. The Morgan fingerprint density at radius 2 is 2.07 bits per heavy atom. The van der Waals surface area contributed by atoms with Gasteiger partial charge in [-0.25, -0.2) is 8.42 Å². The fraction of sp³-hybridized carbons (Fsp3) is 0.300. The Morgan fingerprint density at radius 1 is 1.30 bits per heavy atom. The maximum Gasteiger partial charge on any atom is 0.225 e. The van der Waals surface area contributed by atoms with Gasteiger partial charge in [0.25, 0.3) is 0 Å². The third kappa shape index (κ3) is 5.47. The topological polar surface area (TPSA) is 102 Å². The van der Waals surface area contributed by atoms with E-state index < -0.39 is 15.7 Å². The maximum atomic E-state index is 12.7. The van der Waals surface area contributed by atoms with Gasteiger partial charge in [-0.1, -0.05) is 18.5 Å². The lowest BCUT2D eigenvalue weighted by atomic mass is 10.3.